The Hall–Kier alpha value is -6.33. The van der Waals surface area contributed by atoms with E-state index in [4.69, 9.17) is 15.2 Å². The van der Waals surface area contributed by atoms with Crippen molar-refractivity contribution in [2.24, 2.45) is 5.73 Å². The number of hydrogen-bond acceptors (Lipinski definition) is 12. The topological polar surface area (TPSA) is 226 Å². The van der Waals surface area contributed by atoms with Gasteiger partial charge in [0.15, 0.2) is 0 Å². The molecule has 0 aliphatic carbocycles. The van der Waals surface area contributed by atoms with Crippen molar-refractivity contribution < 1.29 is 37.7 Å². The number of methoxy groups -OCH3 is 1. The van der Waals surface area contributed by atoms with Crippen LogP contribution in [0.15, 0.2) is 106 Å². The summed E-state index contributed by atoms with van der Waals surface area (Å²) in [6.07, 6.45) is 5.76. The highest BCUT2D eigenvalue weighted by Gasteiger charge is 2.27. The van der Waals surface area contributed by atoms with Crippen LogP contribution in [0.3, 0.4) is 0 Å². The molecule has 330 valence electrons. The number of hydrogen-bond donors (Lipinski definition) is 6. The van der Waals surface area contributed by atoms with Crippen molar-refractivity contribution in [3.63, 3.8) is 0 Å². The number of carbonyl (C=O) groups excluding carboxylic acids is 2. The molecule has 2 amide bonds. The van der Waals surface area contributed by atoms with Crippen molar-refractivity contribution in [2.75, 3.05) is 45.2 Å². The molecule has 2 aromatic heterocycles. The van der Waals surface area contributed by atoms with Crippen LogP contribution in [0.2, 0.25) is 0 Å². The van der Waals surface area contributed by atoms with Crippen molar-refractivity contribution >= 4 is 54.8 Å². The van der Waals surface area contributed by atoms with Crippen molar-refractivity contribution in [1.82, 2.24) is 20.2 Å². The maximum Gasteiger partial charge on any atom is 0.253 e. The number of nitrogens with zero attached hydrogens (tertiary/aromatic N) is 2. The number of aromatic hydroxyl groups is 1. The smallest absolute Gasteiger partial charge is 0.253 e. The Kier molecular flexibility index (Phi) is 14.1. The fourth-order valence-corrected chi connectivity index (χ4v) is 9.38. The number of amides is 2. The summed E-state index contributed by atoms with van der Waals surface area (Å²) in [5.74, 6) is -0.457. The second kappa shape index (κ2) is 19.8. The first-order valence-corrected chi connectivity index (χ1v) is 22.5. The summed E-state index contributed by atoms with van der Waals surface area (Å²) in [7, 11) is -2.60. The summed E-state index contributed by atoms with van der Waals surface area (Å²) >= 11 is 0. The standard InChI is InChI=1S/C47H52N6O9S/c1-29-23-35(26-38-43(29)50-27-39(46(48)57)44(38)51-31-10-8-11-33(25-31)61-2)63(59,60)34-12-7-9-30(24-34)47(58)53-20-17-32(18-21-53)62-22-6-4-3-5-19-49-28-41(55)36-13-15-40(54)45-37(36)14-16-42(56)52-45/h7-16,23-27,32,41,49,54-55H,3-6,17-22,28H2,1-2H3,(H2,48,57)(H,50,51)(H,52,56). The van der Waals surface area contributed by atoms with Gasteiger partial charge in [-0.15, -0.1) is 0 Å². The third-order valence-electron chi connectivity index (χ3n) is 11.4. The zero-order valence-electron chi connectivity index (χ0n) is 35.2. The molecule has 0 radical (unpaired) electrons. The number of pyridine rings is 2. The Morgan fingerprint density at radius 2 is 1.73 bits per heavy atom. The number of aryl methyl sites for hydroxylation is 1. The number of unbranched alkanes of at least 4 members (excludes halogenated alkanes) is 3. The van der Waals surface area contributed by atoms with Crippen LogP contribution in [-0.4, -0.2) is 91.3 Å². The highest BCUT2D eigenvalue weighted by atomic mass is 32.2. The quantitative estimate of drug-likeness (QED) is 0.0525. The van der Waals surface area contributed by atoms with E-state index in [2.05, 4.69) is 20.6 Å². The number of piperidine rings is 1. The maximum absolute atomic E-state index is 14.2. The maximum atomic E-state index is 14.2. The van der Waals surface area contributed by atoms with Gasteiger partial charge in [0, 0.05) is 66.6 Å². The second-order valence-electron chi connectivity index (χ2n) is 15.7. The van der Waals surface area contributed by atoms with Gasteiger partial charge in [-0.1, -0.05) is 31.0 Å². The molecule has 1 saturated heterocycles. The SMILES string of the molecule is COc1cccc(Nc2c(C(N)=O)cnc3c(C)cc(S(=O)(=O)c4cccc(C(=O)N5CCC(OCCCCCCNCC(O)c6ccc(O)c7[nH]c(=O)ccc67)CC5)c4)cc23)c1. The average molecular weight is 877 g/mol. The number of nitrogens with one attached hydrogen (secondary N) is 3. The molecule has 0 bridgehead atoms. The summed E-state index contributed by atoms with van der Waals surface area (Å²) in [4.78, 5) is 46.6. The summed E-state index contributed by atoms with van der Waals surface area (Å²) in [6.45, 7) is 4.40. The lowest BCUT2D eigenvalue weighted by Gasteiger charge is -2.32. The number of aromatic nitrogens is 2. The molecule has 1 unspecified atom stereocenters. The zero-order valence-corrected chi connectivity index (χ0v) is 36.0. The predicted octanol–water partition coefficient (Wildman–Crippen LogP) is 6.28. The van der Waals surface area contributed by atoms with Crippen LogP contribution in [0.1, 0.15) is 76.5 Å². The van der Waals surface area contributed by atoms with Crippen LogP contribution in [0.4, 0.5) is 11.4 Å². The van der Waals surface area contributed by atoms with E-state index in [1.165, 1.54) is 49.7 Å². The lowest BCUT2D eigenvalue weighted by Crippen LogP contribution is -2.41. The first kappa shape index (κ1) is 44.7. The predicted molar refractivity (Wildman–Crippen MR) is 241 cm³/mol. The van der Waals surface area contributed by atoms with E-state index in [-0.39, 0.29) is 44.2 Å². The first-order chi connectivity index (χ1) is 30.3. The number of carbonyl (C=O) groups is 2. The Balaban J connectivity index is 0.888. The molecule has 3 heterocycles. The van der Waals surface area contributed by atoms with E-state index >= 15 is 0 Å². The molecule has 7 rings (SSSR count). The first-order valence-electron chi connectivity index (χ1n) is 21.0. The molecule has 1 atom stereocenters. The molecule has 1 aliphatic rings. The molecule has 6 aromatic rings. The normalized spacial score (nSPS) is 13.9. The number of rotatable bonds is 18. The number of aromatic amines is 1. The number of anilines is 2. The lowest BCUT2D eigenvalue weighted by molar-refractivity contribution is 0.00718. The minimum atomic E-state index is -4.14. The van der Waals surface area contributed by atoms with Gasteiger partial charge in [-0.05, 0) is 105 Å². The summed E-state index contributed by atoms with van der Waals surface area (Å²) in [6, 6.07) is 22.2. The molecular weight excluding hydrogens is 825 g/mol. The molecular formula is C47H52N6O9S. The zero-order chi connectivity index (χ0) is 44.7. The van der Waals surface area contributed by atoms with E-state index in [1.54, 1.807) is 60.4 Å². The highest BCUT2D eigenvalue weighted by Crippen LogP contribution is 2.35. The number of benzene rings is 4. The van der Waals surface area contributed by atoms with Gasteiger partial charge in [-0.2, -0.15) is 0 Å². The Morgan fingerprint density at radius 3 is 2.51 bits per heavy atom. The van der Waals surface area contributed by atoms with Gasteiger partial charge < -0.3 is 45.9 Å². The molecule has 1 fully saturated rings. The van der Waals surface area contributed by atoms with Crippen molar-refractivity contribution in [2.45, 2.75) is 67.4 Å². The lowest BCUT2D eigenvalue weighted by atomic mass is 10.0. The number of phenols is 1. The molecule has 16 heteroatoms. The van der Waals surface area contributed by atoms with Crippen LogP contribution in [0.5, 0.6) is 11.5 Å². The number of H-pyrrole nitrogens is 1. The number of aliphatic hydroxyl groups excluding tert-OH is 1. The number of sulfone groups is 1. The summed E-state index contributed by atoms with van der Waals surface area (Å²) in [5.41, 5.74) is 8.66. The van der Waals surface area contributed by atoms with Crippen LogP contribution in [0.25, 0.3) is 21.8 Å². The van der Waals surface area contributed by atoms with E-state index < -0.39 is 21.8 Å². The third-order valence-corrected chi connectivity index (χ3v) is 13.1. The van der Waals surface area contributed by atoms with Gasteiger partial charge in [-0.3, -0.25) is 19.4 Å². The monoisotopic (exact) mass is 876 g/mol. The number of likely N-dealkylation sites (tertiary alicyclic amines) is 1. The largest absolute Gasteiger partial charge is 0.506 e. The van der Waals surface area contributed by atoms with Gasteiger partial charge in [0.2, 0.25) is 15.4 Å². The minimum absolute atomic E-state index is 0.0271. The Labute approximate surface area is 365 Å². The molecule has 1 aliphatic heterocycles. The molecule has 63 heavy (non-hydrogen) atoms. The minimum Gasteiger partial charge on any atom is -0.506 e. The number of nitrogens with two attached hydrogens (primary N) is 1. The number of aliphatic hydroxyl groups is 1. The number of primary amides is 1. The van der Waals surface area contributed by atoms with E-state index in [9.17, 15) is 33.0 Å². The van der Waals surface area contributed by atoms with E-state index in [1.807, 2.05) is 0 Å². The van der Waals surface area contributed by atoms with Crippen LogP contribution < -0.4 is 26.7 Å². The van der Waals surface area contributed by atoms with Crippen LogP contribution >= 0.6 is 0 Å². The molecule has 4 aromatic carbocycles. The molecule has 7 N–H and O–H groups in total. The Bertz CT molecular complexity index is 2810. The molecule has 0 saturated carbocycles. The van der Waals surface area contributed by atoms with E-state index in [0.717, 1.165) is 32.2 Å². The average Bonchev–Trinajstić information content (AvgIpc) is 3.28. The molecule has 0 spiro atoms. The van der Waals surface area contributed by atoms with E-state index in [0.29, 0.717) is 89.1 Å². The highest BCUT2D eigenvalue weighted by molar-refractivity contribution is 7.91. The fourth-order valence-electron chi connectivity index (χ4n) is 7.96. The number of phenolic OH excluding ortho intramolecular Hbond substituents is 1. The van der Waals surface area contributed by atoms with Gasteiger partial charge in [0.05, 0.1) is 51.4 Å². The second-order valence-corrected chi connectivity index (χ2v) is 17.7. The number of fused-ring (bicyclic) bond motifs is 2. The fraction of sp³-hybridized carbons (Fsp3) is 0.319. The van der Waals surface area contributed by atoms with Gasteiger partial charge in [-0.25, -0.2) is 8.42 Å². The van der Waals surface area contributed by atoms with Crippen molar-refractivity contribution in [3.05, 3.63) is 124 Å². The summed E-state index contributed by atoms with van der Waals surface area (Å²) in [5, 5.41) is 28.3. The number of ether oxygens (including phenoxy) is 2. The third kappa shape index (κ3) is 10.3. The van der Waals surface area contributed by atoms with Gasteiger partial charge in [0.1, 0.15) is 11.5 Å². The molecule has 15 nitrogen and oxygen atoms in total. The van der Waals surface area contributed by atoms with Gasteiger partial charge >= 0.3 is 0 Å². The Morgan fingerprint density at radius 1 is 0.952 bits per heavy atom. The van der Waals surface area contributed by atoms with Crippen LogP contribution in [-0.2, 0) is 14.6 Å². The van der Waals surface area contributed by atoms with Gasteiger partial charge in [0.25, 0.3) is 11.8 Å². The van der Waals surface area contributed by atoms with Crippen molar-refractivity contribution in [1.29, 1.82) is 0 Å². The summed E-state index contributed by atoms with van der Waals surface area (Å²) < 4.78 is 39.9. The van der Waals surface area contributed by atoms with Crippen molar-refractivity contribution in [3.8, 4) is 11.5 Å². The van der Waals surface area contributed by atoms with Crippen LogP contribution in [0, 0.1) is 6.92 Å².